The molecule has 160 valence electrons. The Kier molecular flexibility index (Phi) is 8.41. The summed E-state index contributed by atoms with van der Waals surface area (Å²) in [6, 6.07) is 14.1. The molecule has 2 aromatic carbocycles. The maximum atomic E-state index is 12.3. The Morgan fingerprint density at radius 2 is 1.30 bits per heavy atom. The molecule has 3 amide bonds. The van der Waals surface area contributed by atoms with Crippen molar-refractivity contribution in [3.05, 3.63) is 54.1 Å². The molecule has 2 rings (SSSR count). The van der Waals surface area contributed by atoms with Crippen LogP contribution in [0.3, 0.4) is 0 Å². The van der Waals surface area contributed by atoms with Crippen molar-refractivity contribution in [2.24, 2.45) is 5.92 Å². The van der Waals surface area contributed by atoms with Crippen LogP contribution in [0.25, 0.3) is 0 Å². The summed E-state index contributed by atoms with van der Waals surface area (Å²) in [5, 5.41) is 8.65. The molecule has 0 bridgehead atoms. The minimum atomic E-state index is -0.197. The average Bonchev–Trinajstić information content (AvgIpc) is 2.74. The standard InChI is InChI=1S/C23H30N4O3/c1-5-27(6-2)23(30)17-7-9-18(10-8-17)24-15-21(28)25-19-11-13-20(14-12-19)26-22(29)16(3)4/h7-14,16,24H,5-6,15H2,1-4H3,(H,25,28)(H,26,29). The molecule has 0 radical (unpaired) electrons. The van der Waals surface area contributed by atoms with Gasteiger partial charge in [0.1, 0.15) is 0 Å². The van der Waals surface area contributed by atoms with E-state index >= 15 is 0 Å². The second-order valence-electron chi connectivity index (χ2n) is 7.18. The fourth-order valence-corrected chi connectivity index (χ4v) is 2.74. The van der Waals surface area contributed by atoms with E-state index in [0.29, 0.717) is 30.0 Å². The number of hydrogen-bond acceptors (Lipinski definition) is 4. The zero-order valence-corrected chi connectivity index (χ0v) is 18.0. The van der Waals surface area contributed by atoms with E-state index in [-0.39, 0.29) is 30.2 Å². The van der Waals surface area contributed by atoms with E-state index in [2.05, 4.69) is 16.0 Å². The van der Waals surface area contributed by atoms with Crippen molar-refractivity contribution in [2.75, 3.05) is 35.6 Å². The zero-order valence-electron chi connectivity index (χ0n) is 18.0. The normalized spacial score (nSPS) is 10.4. The number of carbonyl (C=O) groups is 3. The van der Waals surface area contributed by atoms with Crippen molar-refractivity contribution < 1.29 is 14.4 Å². The predicted octanol–water partition coefficient (Wildman–Crippen LogP) is 3.81. The van der Waals surface area contributed by atoms with Gasteiger partial charge in [-0.3, -0.25) is 14.4 Å². The molecule has 0 aliphatic heterocycles. The lowest BCUT2D eigenvalue weighted by molar-refractivity contribution is -0.119. The summed E-state index contributed by atoms with van der Waals surface area (Å²) in [6.45, 7) is 8.98. The molecule has 7 heteroatoms. The van der Waals surface area contributed by atoms with Crippen molar-refractivity contribution in [1.29, 1.82) is 0 Å². The van der Waals surface area contributed by atoms with E-state index < -0.39 is 0 Å². The highest BCUT2D eigenvalue weighted by molar-refractivity contribution is 5.96. The van der Waals surface area contributed by atoms with Crippen molar-refractivity contribution in [1.82, 2.24) is 4.90 Å². The van der Waals surface area contributed by atoms with Crippen molar-refractivity contribution in [2.45, 2.75) is 27.7 Å². The number of hydrogen-bond donors (Lipinski definition) is 3. The molecular formula is C23H30N4O3. The lowest BCUT2D eigenvalue weighted by atomic mass is 10.1. The zero-order chi connectivity index (χ0) is 22.1. The lowest BCUT2D eigenvalue weighted by Crippen LogP contribution is -2.30. The fourth-order valence-electron chi connectivity index (χ4n) is 2.74. The molecule has 0 saturated heterocycles. The summed E-state index contributed by atoms with van der Waals surface area (Å²) in [4.78, 5) is 38.0. The molecule has 30 heavy (non-hydrogen) atoms. The minimum Gasteiger partial charge on any atom is -0.376 e. The number of anilines is 3. The Labute approximate surface area is 177 Å². The van der Waals surface area contributed by atoms with Gasteiger partial charge in [-0.05, 0) is 62.4 Å². The van der Waals surface area contributed by atoms with Crippen LogP contribution in [-0.4, -0.2) is 42.3 Å². The Bertz CT molecular complexity index is 857. The Morgan fingerprint density at radius 1 is 0.800 bits per heavy atom. The number of amides is 3. The third-order valence-electron chi connectivity index (χ3n) is 4.60. The fraction of sp³-hybridized carbons (Fsp3) is 0.348. The molecule has 0 spiro atoms. The second kappa shape index (κ2) is 11.0. The molecular weight excluding hydrogens is 380 g/mol. The minimum absolute atomic E-state index is 0.00248. The Balaban J connectivity index is 1.84. The van der Waals surface area contributed by atoms with E-state index in [1.165, 1.54) is 0 Å². The molecule has 0 unspecified atom stereocenters. The molecule has 0 aliphatic rings. The highest BCUT2D eigenvalue weighted by Crippen LogP contribution is 2.15. The maximum Gasteiger partial charge on any atom is 0.253 e. The molecule has 0 aliphatic carbocycles. The third kappa shape index (κ3) is 6.62. The Hall–Kier alpha value is -3.35. The van der Waals surface area contributed by atoms with Crippen LogP contribution in [0, 0.1) is 5.92 Å². The molecule has 0 heterocycles. The van der Waals surface area contributed by atoms with Gasteiger partial charge < -0.3 is 20.9 Å². The van der Waals surface area contributed by atoms with Crippen LogP contribution in [-0.2, 0) is 9.59 Å². The van der Waals surface area contributed by atoms with Crippen LogP contribution in [0.5, 0.6) is 0 Å². The van der Waals surface area contributed by atoms with Crippen LogP contribution < -0.4 is 16.0 Å². The first-order chi connectivity index (χ1) is 14.3. The first-order valence-corrected chi connectivity index (χ1v) is 10.2. The van der Waals surface area contributed by atoms with Gasteiger partial charge >= 0.3 is 0 Å². The van der Waals surface area contributed by atoms with E-state index in [0.717, 1.165) is 5.69 Å². The first kappa shape index (κ1) is 22.9. The van der Waals surface area contributed by atoms with Crippen LogP contribution in [0.1, 0.15) is 38.1 Å². The second-order valence-corrected chi connectivity index (χ2v) is 7.18. The summed E-state index contributed by atoms with van der Waals surface area (Å²) in [6.07, 6.45) is 0. The Morgan fingerprint density at radius 3 is 1.80 bits per heavy atom. The third-order valence-corrected chi connectivity index (χ3v) is 4.60. The predicted molar refractivity (Wildman–Crippen MR) is 121 cm³/mol. The maximum absolute atomic E-state index is 12.3. The summed E-state index contributed by atoms with van der Waals surface area (Å²) < 4.78 is 0. The monoisotopic (exact) mass is 410 g/mol. The molecule has 0 atom stereocenters. The van der Waals surface area contributed by atoms with Crippen molar-refractivity contribution in [3.63, 3.8) is 0 Å². The SMILES string of the molecule is CCN(CC)C(=O)c1ccc(NCC(=O)Nc2ccc(NC(=O)C(C)C)cc2)cc1. The van der Waals surface area contributed by atoms with Gasteiger partial charge in [0.2, 0.25) is 11.8 Å². The molecule has 7 nitrogen and oxygen atoms in total. The summed E-state index contributed by atoms with van der Waals surface area (Å²) in [7, 11) is 0. The van der Waals surface area contributed by atoms with E-state index in [1.54, 1.807) is 53.4 Å². The number of rotatable bonds is 9. The van der Waals surface area contributed by atoms with Crippen LogP contribution >= 0.6 is 0 Å². The van der Waals surface area contributed by atoms with Crippen LogP contribution in [0.2, 0.25) is 0 Å². The van der Waals surface area contributed by atoms with Gasteiger partial charge in [0, 0.05) is 41.6 Å². The molecule has 0 aromatic heterocycles. The largest absolute Gasteiger partial charge is 0.376 e. The molecule has 3 N–H and O–H groups in total. The van der Waals surface area contributed by atoms with Gasteiger partial charge in [-0.2, -0.15) is 0 Å². The summed E-state index contributed by atoms with van der Waals surface area (Å²) in [5.41, 5.74) is 2.71. The summed E-state index contributed by atoms with van der Waals surface area (Å²) >= 11 is 0. The molecule has 2 aromatic rings. The number of nitrogens with one attached hydrogen (secondary N) is 3. The van der Waals surface area contributed by atoms with Crippen molar-refractivity contribution >= 4 is 34.8 Å². The van der Waals surface area contributed by atoms with Gasteiger partial charge in [0.25, 0.3) is 5.91 Å². The van der Waals surface area contributed by atoms with Gasteiger partial charge in [0.15, 0.2) is 0 Å². The van der Waals surface area contributed by atoms with E-state index in [9.17, 15) is 14.4 Å². The van der Waals surface area contributed by atoms with Gasteiger partial charge in [-0.15, -0.1) is 0 Å². The lowest BCUT2D eigenvalue weighted by Gasteiger charge is -2.18. The van der Waals surface area contributed by atoms with Gasteiger partial charge in [-0.1, -0.05) is 13.8 Å². The highest BCUT2D eigenvalue weighted by Gasteiger charge is 2.12. The van der Waals surface area contributed by atoms with E-state index in [1.807, 2.05) is 27.7 Å². The number of carbonyl (C=O) groups excluding carboxylic acids is 3. The van der Waals surface area contributed by atoms with Crippen molar-refractivity contribution in [3.8, 4) is 0 Å². The smallest absolute Gasteiger partial charge is 0.253 e. The highest BCUT2D eigenvalue weighted by atomic mass is 16.2. The quantitative estimate of drug-likeness (QED) is 0.586. The number of benzene rings is 2. The first-order valence-electron chi connectivity index (χ1n) is 10.2. The number of nitrogens with zero attached hydrogens (tertiary/aromatic N) is 1. The molecule has 0 fully saturated rings. The molecule has 0 saturated carbocycles. The topological polar surface area (TPSA) is 90.5 Å². The van der Waals surface area contributed by atoms with E-state index in [4.69, 9.17) is 0 Å². The van der Waals surface area contributed by atoms with Crippen LogP contribution in [0.4, 0.5) is 17.1 Å². The van der Waals surface area contributed by atoms with Crippen LogP contribution in [0.15, 0.2) is 48.5 Å². The van der Waals surface area contributed by atoms with Gasteiger partial charge in [0.05, 0.1) is 6.54 Å². The van der Waals surface area contributed by atoms with Gasteiger partial charge in [-0.25, -0.2) is 0 Å². The average molecular weight is 411 g/mol. The summed E-state index contributed by atoms with van der Waals surface area (Å²) in [5.74, 6) is -0.352.